The van der Waals surface area contributed by atoms with Gasteiger partial charge >= 0.3 is 0 Å². The van der Waals surface area contributed by atoms with Gasteiger partial charge in [0.2, 0.25) is 0 Å². The van der Waals surface area contributed by atoms with Crippen molar-refractivity contribution in [3.63, 3.8) is 0 Å². The van der Waals surface area contributed by atoms with E-state index in [2.05, 4.69) is 11.4 Å². The van der Waals surface area contributed by atoms with E-state index < -0.39 is 0 Å². The smallest absolute Gasteiger partial charge is 0.252 e. The Morgan fingerprint density at radius 2 is 2.35 bits per heavy atom. The van der Waals surface area contributed by atoms with Crippen LogP contribution in [0.4, 0.5) is 0 Å². The molecule has 0 aromatic heterocycles. The van der Waals surface area contributed by atoms with Crippen LogP contribution in [0.3, 0.4) is 0 Å². The van der Waals surface area contributed by atoms with E-state index >= 15 is 0 Å². The Bertz CT molecular complexity index is 461. The molecule has 17 heavy (non-hydrogen) atoms. The first kappa shape index (κ1) is 11.5. The molecule has 2 rings (SSSR count). The minimum absolute atomic E-state index is 0.220. The van der Waals surface area contributed by atoms with E-state index in [4.69, 9.17) is 10.00 Å². The molecule has 1 atom stereocenters. The van der Waals surface area contributed by atoms with Crippen LogP contribution >= 0.6 is 0 Å². The third-order valence-electron chi connectivity index (χ3n) is 2.85. The minimum Gasteiger partial charge on any atom is -0.497 e. The van der Waals surface area contributed by atoms with Crippen molar-refractivity contribution in [3.8, 4) is 11.8 Å². The highest BCUT2D eigenvalue weighted by Crippen LogP contribution is 2.32. The second-order valence-electron chi connectivity index (χ2n) is 4.15. The van der Waals surface area contributed by atoms with Crippen LogP contribution < -0.4 is 10.1 Å². The molecule has 1 aromatic rings. The van der Waals surface area contributed by atoms with Gasteiger partial charge in [-0.3, -0.25) is 4.79 Å². The molecule has 0 spiro atoms. The van der Waals surface area contributed by atoms with Crippen molar-refractivity contribution < 1.29 is 9.53 Å². The highest BCUT2D eigenvalue weighted by Gasteiger charge is 2.32. The molecule has 4 nitrogen and oxygen atoms in total. The van der Waals surface area contributed by atoms with Gasteiger partial charge in [0.05, 0.1) is 13.2 Å². The Kier molecular flexibility index (Phi) is 3.29. The third kappa shape index (κ3) is 2.76. The summed E-state index contributed by atoms with van der Waals surface area (Å²) in [6, 6.07) is 8.67. The summed E-state index contributed by atoms with van der Waals surface area (Å²) in [5.41, 5.74) is 0.519. The van der Waals surface area contributed by atoms with Gasteiger partial charge in [0.25, 0.3) is 5.91 Å². The Morgan fingerprint density at radius 1 is 1.59 bits per heavy atom. The van der Waals surface area contributed by atoms with Gasteiger partial charge in [0, 0.05) is 5.56 Å². The lowest BCUT2D eigenvalue weighted by atomic mass is 10.1. The number of carbonyl (C=O) groups is 1. The van der Waals surface area contributed by atoms with Gasteiger partial charge in [-0.05, 0) is 37.0 Å². The standard InChI is InChI=1S/C13H14N2O2/c1-17-11-4-2-3-10(7-11)13(16)15-12(8-14)9-5-6-9/h2-4,7,9,12H,5-6H2,1H3,(H,15,16). The van der Waals surface area contributed by atoms with E-state index in [0.717, 1.165) is 12.8 Å². The van der Waals surface area contributed by atoms with Crippen LogP contribution in [0, 0.1) is 17.2 Å². The molecule has 1 N–H and O–H groups in total. The maximum Gasteiger partial charge on any atom is 0.252 e. The summed E-state index contributed by atoms with van der Waals surface area (Å²) in [6.45, 7) is 0. The fraction of sp³-hybridized carbons (Fsp3) is 0.385. The van der Waals surface area contributed by atoms with Crippen LogP contribution in [0.25, 0.3) is 0 Å². The van der Waals surface area contributed by atoms with Crippen LogP contribution in [0.1, 0.15) is 23.2 Å². The lowest BCUT2D eigenvalue weighted by Crippen LogP contribution is -2.35. The first-order valence-corrected chi connectivity index (χ1v) is 5.59. The summed E-state index contributed by atoms with van der Waals surface area (Å²) in [7, 11) is 1.55. The zero-order valence-electron chi connectivity index (χ0n) is 9.64. The van der Waals surface area contributed by atoms with Gasteiger partial charge in [0.1, 0.15) is 11.8 Å². The lowest BCUT2D eigenvalue weighted by Gasteiger charge is -2.10. The van der Waals surface area contributed by atoms with E-state index in [-0.39, 0.29) is 11.9 Å². The van der Waals surface area contributed by atoms with Crippen molar-refractivity contribution in [2.24, 2.45) is 5.92 Å². The molecule has 1 aliphatic carbocycles. The molecular weight excluding hydrogens is 216 g/mol. The molecule has 1 unspecified atom stereocenters. The Morgan fingerprint density at radius 3 is 2.94 bits per heavy atom. The summed E-state index contributed by atoms with van der Waals surface area (Å²) in [5.74, 6) is 0.745. The molecule has 0 radical (unpaired) electrons. The lowest BCUT2D eigenvalue weighted by molar-refractivity contribution is 0.0941. The average molecular weight is 230 g/mol. The molecule has 1 aliphatic rings. The number of carbonyl (C=O) groups excluding carboxylic acids is 1. The van der Waals surface area contributed by atoms with Crippen molar-refractivity contribution in [2.45, 2.75) is 18.9 Å². The monoisotopic (exact) mass is 230 g/mol. The number of hydrogen-bond donors (Lipinski definition) is 1. The molecule has 0 heterocycles. The zero-order valence-corrected chi connectivity index (χ0v) is 9.64. The van der Waals surface area contributed by atoms with Gasteiger partial charge in [-0.15, -0.1) is 0 Å². The van der Waals surface area contributed by atoms with E-state index in [0.29, 0.717) is 17.2 Å². The molecule has 4 heteroatoms. The topological polar surface area (TPSA) is 62.1 Å². The van der Waals surface area contributed by atoms with Gasteiger partial charge < -0.3 is 10.1 Å². The van der Waals surface area contributed by atoms with E-state index in [1.807, 2.05) is 0 Å². The van der Waals surface area contributed by atoms with E-state index in [1.54, 1.807) is 31.4 Å². The Balaban J connectivity index is 2.05. The fourth-order valence-electron chi connectivity index (χ4n) is 1.67. The second kappa shape index (κ2) is 4.88. The number of nitrogens with zero attached hydrogens (tertiary/aromatic N) is 1. The number of hydrogen-bond acceptors (Lipinski definition) is 3. The number of methoxy groups -OCH3 is 1. The maximum absolute atomic E-state index is 11.9. The van der Waals surface area contributed by atoms with Crippen LogP contribution in [-0.4, -0.2) is 19.1 Å². The quantitative estimate of drug-likeness (QED) is 0.856. The summed E-state index contributed by atoms with van der Waals surface area (Å²) in [6.07, 6.45) is 2.05. The number of rotatable bonds is 4. The van der Waals surface area contributed by atoms with Crippen LogP contribution in [-0.2, 0) is 0 Å². The normalized spacial score (nSPS) is 15.8. The number of nitrogens with one attached hydrogen (secondary N) is 1. The van der Waals surface area contributed by atoms with Gasteiger partial charge in [-0.2, -0.15) is 5.26 Å². The molecule has 1 amide bonds. The summed E-state index contributed by atoms with van der Waals surface area (Å²) in [5, 5.41) is 11.7. The Hall–Kier alpha value is -2.02. The molecule has 1 saturated carbocycles. The van der Waals surface area contributed by atoms with Crippen LogP contribution in [0.15, 0.2) is 24.3 Å². The van der Waals surface area contributed by atoms with E-state index in [1.165, 1.54) is 0 Å². The van der Waals surface area contributed by atoms with E-state index in [9.17, 15) is 4.79 Å². The van der Waals surface area contributed by atoms with Gasteiger partial charge in [-0.25, -0.2) is 0 Å². The van der Waals surface area contributed by atoms with Crippen molar-refractivity contribution in [1.29, 1.82) is 5.26 Å². The minimum atomic E-state index is -0.367. The first-order valence-electron chi connectivity index (χ1n) is 5.59. The largest absolute Gasteiger partial charge is 0.497 e. The average Bonchev–Trinajstić information content (AvgIpc) is 3.20. The maximum atomic E-state index is 11.9. The number of nitriles is 1. The van der Waals surface area contributed by atoms with Crippen molar-refractivity contribution in [3.05, 3.63) is 29.8 Å². The van der Waals surface area contributed by atoms with Gasteiger partial charge in [-0.1, -0.05) is 6.07 Å². The van der Waals surface area contributed by atoms with Crippen molar-refractivity contribution in [2.75, 3.05) is 7.11 Å². The van der Waals surface area contributed by atoms with Gasteiger partial charge in [0.15, 0.2) is 0 Å². The highest BCUT2D eigenvalue weighted by atomic mass is 16.5. The molecule has 1 fully saturated rings. The molecule has 1 aromatic carbocycles. The molecular formula is C13H14N2O2. The molecule has 0 bridgehead atoms. The summed E-state index contributed by atoms with van der Waals surface area (Å²) >= 11 is 0. The van der Waals surface area contributed by atoms with Crippen LogP contribution in [0.2, 0.25) is 0 Å². The summed E-state index contributed by atoms with van der Waals surface area (Å²) < 4.78 is 5.05. The predicted octanol–water partition coefficient (Wildman–Crippen LogP) is 1.73. The molecule has 0 aliphatic heterocycles. The summed E-state index contributed by atoms with van der Waals surface area (Å²) in [4.78, 5) is 11.9. The first-order chi connectivity index (χ1) is 8.24. The molecule has 88 valence electrons. The van der Waals surface area contributed by atoms with Crippen LogP contribution in [0.5, 0.6) is 5.75 Å². The number of benzene rings is 1. The number of amides is 1. The Labute approximate surface area is 100 Å². The molecule has 0 saturated heterocycles. The second-order valence-corrected chi connectivity index (χ2v) is 4.15. The zero-order chi connectivity index (χ0) is 12.3. The third-order valence-corrected chi connectivity index (χ3v) is 2.85. The van der Waals surface area contributed by atoms with Crippen molar-refractivity contribution >= 4 is 5.91 Å². The number of ether oxygens (including phenoxy) is 1. The van der Waals surface area contributed by atoms with Crippen molar-refractivity contribution in [1.82, 2.24) is 5.32 Å². The fourth-order valence-corrected chi connectivity index (χ4v) is 1.67. The predicted molar refractivity (Wildman–Crippen MR) is 62.6 cm³/mol. The highest BCUT2D eigenvalue weighted by molar-refractivity contribution is 5.95. The SMILES string of the molecule is COc1cccc(C(=O)NC(C#N)C2CC2)c1.